The van der Waals surface area contributed by atoms with Gasteiger partial charge in [0, 0.05) is 0 Å². The number of aliphatic hydroxyl groups excluding tert-OH is 2. The lowest BCUT2D eigenvalue weighted by atomic mass is 10.3. The molecule has 0 aromatic rings. The number of aliphatic hydroxyl groups is 4. The van der Waals surface area contributed by atoms with Crippen molar-refractivity contribution in [3.8, 4) is 0 Å². The third-order valence-electron chi connectivity index (χ3n) is 0.912. The van der Waals surface area contributed by atoms with Gasteiger partial charge in [-0.3, -0.25) is 0 Å². The topological polar surface area (TPSA) is 80.9 Å². The predicted molar refractivity (Wildman–Crippen MR) is 41.7 cm³/mol. The van der Waals surface area contributed by atoms with E-state index in [4.69, 9.17) is 20.4 Å². The molecule has 4 heteroatoms. The van der Waals surface area contributed by atoms with Gasteiger partial charge in [0.1, 0.15) is 0 Å². The van der Waals surface area contributed by atoms with E-state index in [1.54, 1.807) is 6.92 Å². The lowest BCUT2D eigenvalue weighted by molar-refractivity contribution is -0.0454. The first-order valence-electron chi connectivity index (χ1n) is 3.76. The van der Waals surface area contributed by atoms with Crippen LogP contribution in [0.1, 0.15) is 33.1 Å². The molecule has 4 nitrogen and oxygen atoms in total. The molecule has 0 atom stereocenters. The average molecular weight is 166 g/mol. The summed E-state index contributed by atoms with van der Waals surface area (Å²) >= 11 is 0. The largest absolute Gasteiger partial charge is 0.368 e. The molecule has 70 valence electrons. The molecule has 0 amide bonds. The van der Waals surface area contributed by atoms with Crippen LogP contribution in [0, 0.1) is 0 Å². The monoisotopic (exact) mass is 166 g/mol. The molecule has 0 fully saturated rings. The highest BCUT2D eigenvalue weighted by Gasteiger charge is 1.89. The van der Waals surface area contributed by atoms with Gasteiger partial charge in [0.15, 0.2) is 12.6 Å². The first-order valence-corrected chi connectivity index (χ1v) is 3.76. The molecule has 0 aliphatic carbocycles. The smallest absolute Gasteiger partial charge is 0.151 e. The molecule has 0 aromatic heterocycles. The van der Waals surface area contributed by atoms with Crippen LogP contribution in [0.3, 0.4) is 0 Å². The fraction of sp³-hybridized carbons (Fsp3) is 1.00. The number of hydrogen-bond acceptors (Lipinski definition) is 4. The maximum atomic E-state index is 8.11. The second-order valence-electron chi connectivity index (χ2n) is 2.16. The molecule has 4 N–H and O–H groups in total. The first kappa shape index (κ1) is 13.4. The molecule has 11 heavy (non-hydrogen) atoms. The van der Waals surface area contributed by atoms with Crippen LogP contribution in [-0.4, -0.2) is 33.0 Å². The van der Waals surface area contributed by atoms with Crippen molar-refractivity contribution in [1.82, 2.24) is 0 Å². The molecule has 0 saturated heterocycles. The summed E-state index contributed by atoms with van der Waals surface area (Å²) in [5.74, 6) is 0. The molecule has 0 aliphatic heterocycles. The van der Waals surface area contributed by atoms with E-state index in [0.717, 1.165) is 6.42 Å². The minimum Gasteiger partial charge on any atom is -0.368 e. The molecule has 0 unspecified atom stereocenters. The zero-order chi connectivity index (χ0) is 9.28. The Morgan fingerprint density at radius 1 is 0.909 bits per heavy atom. The Balaban J connectivity index is 0. The summed E-state index contributed by atoms with van der Waals surface area (Å²) in [5.41, 5.74) is 0. The maximum absolute atomic E-state index is 8.11. The Labute approximate surface area is 67.1 Å². The normalized spacial score (nSPS) is 9.82. The third-order valence-corrected chi connectivity index (χ3v) is 0.912. The van der Waals surface area contributed by atoms with E-state index in [0.29, 0.717) is 12.8 Å². The zero-order valence-electron chi connectivity index (χ0n) is 7.06. The Hall–Kier alpha value is -0.160. The second-order valence-corrected chi connectivity index (χ2v) is 2.16. The molecule has 0 bridgehead atoms. The zero-order valence-corrected chi connectivity index (χ0v) is 7.06. The summed E-state index contributed by atoms with van der Waals surface area (Å²) in [6.45, 7) is 3.60. The fourth-order valence-corrected chi connectivity index (χ4v) is 0.258. The van der Waals surface area contributed by atoms with Gasteiger partial charge in [0.2, 0.25) is 0 Å². The van der Waals surface area contributed by atoms with Crippen molar-refractivity contribution < 1.29 is 20.4 Å². The van der Waals surface area contributed by atoms with Gasteiger partial charge in [-0.25, -0.2) is 0 Å². The molecule has 0 aromatic carbocycles. The highest BCUT2D eigenvalue weighted by molar-refractivity contribution is 4.31. The van der Waals surface area contributed by atoms with Crippen LogP contribution in [0.4, 0.5) is 0 Å². The van der Waals surface area contributed by atoms with E-state index in [2.05, 4.69) is 0 Å². The molecule has 0 heterocycles. The highest BCUT2D eigenvalue weighted by Crippen LogP contribution is 1.88. The van der Waals surface area contributed by atoms with E-state index in [1.807, 2.05) is 6.92 Å². The van der Waals surface area contributed by atoms with E-state index in [9.17, 15) is 0 Å². The summed E-state index contributed by atoms with van der Waals surface area (Å²) in [6.07, 6.45) is -0.484. The van der Waals surface area contributed by atoms with Crippen LogP contribution in [-0.2, 0) is 0 Å². The van der Waals surface area contributed by atoms with E-state index >= 15 is 0 Å². The summed E-state index contributed by atoms with van der Waals surface area (Å²) in [4.78, 5) is 0. The van der Waals surface area contributed by atoms with E-state index < -0.39 is 12.6 Å². The van der Waals surface area contributed by atoms with Crippen LogP contribution in [0.5, 0.6) is 0 Å². The molecule has 0 spiro atoms. The fourth-order valence-electron chi connectivity index (χ4n) is 0.258. The molecule has 0 rings (SSSR count). The molecule has 0 radical (unpaired) electrons. The van der Waals surface area contributed by atoms with Crippen molar-refractivity contribution in [2.24, 2.45) is 0 Å². The van der Waals surface area contributed by atoms with Crippen LogP contribution < -0.4 is 0 Å². The SMILES string of the molecule is CCC(O)O.CCCC(O)O. The predicted octanol–water partition coefficient (Wildman–Crippen LogP) is -0.196. The van der Waals surface area contributed by atoms with Gasteiger partial charge in [-0.15, -0.1) is 0 Å². The van der Waals surface area contributed by atoms with Crippen molar-refractivity contribution in [2.75, 3.05) is 0 Å². The Bertz CT molecular complexity index is 63.5. The Morgan fingerprint density at radius 3 is 1.27 bits per heavy atom. The maximum Gasteiger partial charge on any atom is 0.151 e. The minimum atomic E-state index is -1.12. The number of hydrogen-bond donors (Lipinski definition) is 4. The van der Waals surface area contributed by atoms with Crippen LogP contribution in [0.15, 0.2) is 0 Å². The van der Waals surface area contributed by atoms with Crippen molar-refractivity contribution >= 4 is 0 Å². The summed E-state index contributed by atoms with van der Waals surface area (Å²) in [7, 11) is 0. The number of rotatable bonds is 3. The van der Waals surface area contributed by atoms with Gasteiger partial charge in [-0.2, -0.15) is 0 Å². The standard InChI is InChI=1S/C4H10O2.C3H8O2/c1-2-3-4(5)6;1-2-3(4)5/h4-6H,2-3H2,1H3;3-5H,2H2,1H3. The van der Waals surface area contributed by atoms with Gasteiger partial charge in [0.05, 0.1) is 0 Å². The lowest BCUT2D eigenvalue weighted by Crippen LogP contribution is -2.01. The average Bonchev–Trinajstić information content (AvgIpc) is 1.89. The van der Waals surface area contributed by atoms with Gasteiger partial charge in [-0.1, -0.05) is 20.3 Å². The minimum absolute atomic E-state index is 0.417. The molecule has 0 saturated carbocycles. The molecule has 0 aliphatic rings. The van der Waals surface area contributed by atoms with Crippen LogP contribution in [0.2, 0.25) is 0 Å². The third kappa shape index (κ3) is 25.8. The van der Waals surface area contributed by atoms with Gasteiger partial charge in [0.25, 0.3) is 0 Å². The summed E-state index contributed by atoms with van der Waals surface area (Å²) in [5, 5.41) is 32.0. The summed E-state index contributed by atoms with van der Waals surface area (Å²) in [6, 6.07) is 0. The quantitative estimate of drug-likeness (QED) is 0.438. The first-order chi connectivity index (χ1) is 5.04. The Kier molecular flexibility index (Phi) is 12.0. The van der Waals surface area contributed by atoms with Gasteiger partial charge >= 0.3 is 0 Å². The van der Waals surface area contributed by atoms with Crippen molar-refractivity contribution in [2.45, 2.75) is 45.7 Å². The van der Waals surface area contributed by atoms with Gasteiger partial charge in [-0.05, 0) is 12.8 Å². The lowest BCUT2D eigenvalue weighted by Gasteiger charge is -1.94. The van der Waals surface area contributed by atoms with Crippen molar-refractivity contribution in [3.05, 3.63) is 0 Å². The van der Waals surface area contributed by atoms with E-state index in [-0.39, 0.29) is 0 Å². The van der Waals surface area contributed by atoms with Crippen LogP contribution in [0.25, 0.3) is 0 Å². The van der Waals surface area contributed by atoms with E-state index in [1.165, 1.54) is 0 Å². The molecular weight excluding hydrogens is 148 g/mol. The second kappa shape index (κ2) is 9.84. The summed E-state index contributed by atoms with van der Waals surface area (Å²) < 4.78 is 0. The van der Waals surface area contributed by atoms with Crippen molar-refractivity contribution in [1.29, 1.82) is 0 Å². The van der Waals surface area contributed by atoms with Gasteiger partial charge < -0.3 is 20.4 Å². The highest BCUT2D eigenvalue weighted by atomic mass is 16.5. The Morgan fingerprint density at radius 2 is 1.27 bits per heavy atom. The van der Waals surface area contributed by atoms with Crippen LogP contribution >= 0.6 is 0 Å². The molecular formula is C7H18O4. The van der Waals surface area contributed by atoms with Crippen molar-refractivity contribution in [3.63, 3.8) is 0 Å².